The van der Waals surface area contributed by atoms with Crippen LogP contribution in [0, 0.1) is 0 Å². The van der Waals surface area contributed by atoms with E-state index in [1.54, 1.807) is 0 Å². The predicted octanol–water partition coefficient (Wildman–Crippen LogP) is 20.4. The van der Waals surface area contributed by atoms with Crippen LogP contribution >= 0.6 is 0 Å². The van der Waals surface area contributed by atoms with Gasteiger partial charge in [0.25, 0.3) is 0 Å². The molecule has 348 valence electrons. The minimum atomic E-state index is -0.150. The molecule has 74 heavy (non-hydrogen) atoms. The Morgan fingerprint density at radius 2 is 0.514 bits per heavy atom. The van der Waals surface area contributed by atoms with Gasteiger partial charge in [-0.3, -0.25) is 0 Å². The van der Waals surface area contributed by atoms with Crippen molar-refractivity contribution in [3.8, 4) is 89.0 Å². The van der Waals surface area contributed by atoms with Gasteiger partial charge in [-0.2, -0.15) is 0 Å². The monoisotopic (exact) mass is 940 g/mol. The number of benzene rings is 13. The summed E-state index contributed by atoms with van der Waals surface area (Å²) in [6, 6.07) is 91.4. The molecule has 2 aliphatic rings. The first kappa shape index (κ1) is 42.8. The summed E-state index contributed by atoms with van der Waals surface area (Å²) in [6.45, 7) is 9.60. The van der Waals surface area contributed by atoms with Crippen LogP contribution in [0.1, 0.15) is 49.9 Å². The van der Waals surface area contributed by atoms with E-state index in [1.807, 2.05) is 0 Å². The van der Waals surface area contributed by atoms with E-state index in [0.717, 1.165) is 0 Å². The van der Waals surface area contributed by atoms with E-state index in [0.29, 0.717) is 0 Å². The Kier molecular flexibility index (Phi) is 9.16. The third-order valence-electron chi connectivity index (χ3n) is 17.3. The Hall–Kier alpha value is -8.84. The van der Waals surface area contributed by atoms with E-state index in [9.17, 15) is 0 Å². The van der Waals surface area contributed by atoms with Crippen LogP contribution in [0.25, 0.3) is 132 Å². The van der Waals surface area contributed by atoms with Crippen LogP contribution in [0.2, 0.25) is 0 Å². The number of fused-ring (bicyclic) bond motifs is 7. The first-order valence-corrected chi connectivity index (χ1v) is 26.2. The summed E-state index contributed by atoms with van der Waals surface area (Å²) in [6.07, 6.45) is 0. The second kappa shape index (κ2) is 15.8. The summed E-state index contributed by atoms with van der Waals surface area (Å²) in [5, 5.41) is 10.5. The third kappa shape index (κ3) is 6.41. The highest BCUT2D eigenvalue weighted by Crippen LogP contribution is 2.53. The molecule has 0 atom stereocenters. The van der Waals surface area contributed by atoms with E-state index >= 15 is 0 Å². The predicted molar refractivity (Wildman–Crippen MR) is 315 cm³/mol. The zero-order valence-electron chi connectivity index (χ0n) is 42.1. The van der Waals surface area contributed by atoms with Gasteiger partial charge in [-0.05, 0) is 179 Å². The van der Waals surface area contributed by atoms with Crippen molar-refractivity contribution < 1.29 is 0 Å². The molecule has 0 amide bonds. The van der Waals surface area contributed by atoms with E-state index in [1.165, 1.54) is 154 Å². The van der Waals surface area contributed by atoms with Gasteiger partial charge < -0.3 is 0 Å². The Bertz CT molecular complexity index is 4410. The lowest BCUT2D eigenvalue weighted by atomic mass is 9.79. The number of hydrogen-bond acceptors (Lipinski definition) is 0. The molecule has 0 bridgehead atoms. The van der Waals surface area contributed by atoms with Crippen LogP contribution in [-0.4, -0.2) is 0 Å². The van der Waals surface area contributed by atoms with Crippen molar-refractivity contribution in [3.63, 3.8) is 0 Å². The van der Waals surface area contributed by atoms with Crippen molar-refractivity contribution in [2.24, 2.45) is 0 Å². The highest BCUT2D eigenvalue weighted by Gasteiger charge is 2.38. The molecule has 13 aromatic rings. The van der Waals surface area contributed by atoms with Gasteiger partial charge in [0, 0.05) is 10.8 Å². The fourth-order valence-corrected chi connectivity index (χ4v) is 13.2. The van der Waals surface area contributed by atoms with E-state index in [4.69, 9.17) is 0 Å². The minimum Gasteiger partial charge on any atom is -0.0616 e. The fourth-order valence-electron chi connectivity index (χ4n) is 13.2. The molecule has 0 heteroatoms. The zero-order valence-corrected chi connectivity index (χ0v) is 42.1. The summed E-state index contributed by atoms with van der Waals surface area (Å²) in [7, 11) is 0. The van der Waals surface area contributed by atoms with Gasteiger partial charge in [0.1, 0.15) is 0 Å². The largest absolute Gasteiger partial charge is 0.0616 e. The van der Waals surface area contributed by atoms with E-state index < -0.39 is 0 Å². The van der Waals surface area contributed by atoms with E-state index in [2.05, 4.69) is 270 Å². The van der Waals surface area contributed by atoms with Crippen molar-refractivity contribution in [2.45, 2.75) is 38.5 Å². The van der Waals surface area contributed by atoms with Crippen LogP contribution in [-0.2, 0) is 10.8 Å². The quantitative estimate of drug-likeness (QED) is 0.146. The van der Waals surface area contributed by atoms with Crippen LogP contribution in [0.3, 0.4) is 0 Å². The first-order valence-electron chi connectivity index (χ1n) is 26.2. The van der Waals surface area contributed by atoms with Gasteiger partial charge in [-0.1, -0.05) is 246 Å². The maximum atomic E-state index is 2.47. The van der Waals surface area contributed by atoms with E-state index in [-0.39, 0.29) is 10.8 Å². The highest BCUT2D eigenvalue weighted by atomic mass is 14.4. The molecule has 0 aliphatic heterocycles. The van der Waals surface area contributed by atoms with Crippen LogP contribution < -0.4 is 0 Å². The molecule has 0 aromatic heterocycles. The van der Waals surface area contributed by atoms with Gasteiger partial charge in [0.2, 0.25) is 0 Å². The van der Waals surface area contributed by atoms with Gasteiger partial charge in [-0.25, -0.2) is 0 Å². The standard InChI is InChI=1S/C74H52/c1-73(2)67-41-55(47-17-15-45(16-18-47)46-19-23-51(24-20-46)61-35-29-54-28-27-52-11-7-12-53-30-40-66(61)72(54)71(52)53)31-36-62(67)64-38-33-57(43-69(64)73)58-34-39-65-63-37-32-56(42-68(63)74(3,4)70(65)44-58)48-21-25-50(26-22-48)60-14-8-10-49-9-5-6-13-59(49)60/h5-44H,1-4H3. The Morgan fingerprint density at radius 3 is 1.00 bits per heavy atom. The molecule has 0 N–H and O–H groups in total. The fraction of sp³-hybridized carbons (Fsp3) is 0.0811. The second-order valence-electron chi connectivity index (χ2n) is 22.0. The van der Waals surface area contributed by atoms with Crippen LogP contribution in [0.15, 0.2) is 243 Å². The molecule has 15 rings (SSSR count). The third-order valence-corrected chi connectivity index (χ3v) is 17.3. The topological polar surface area (TPSA) is 0 Å². The molecule has 13 aromatic carbocycles. The molecular formula is C74H52. The molecule has 0 saturated carbocycles. The lowest BCUT2D eigenvalue weighted by Crippen LogP contribution is -2.15. The maximum absolute atomic E-state index is 2.47. The highest BCUT2D eigenvalue weighted by molar-refractivity contribution is 6.25. The Balaban J connectivity index is 0.677. The summed E-state index contributed by atoms with van der Waals surface area (Å²) in [4.78, 5) is 0. The number of rotatable bonds is 6. The Morgan fingerprint density at radius 1 is 0.203 bits per heavy atom. The molecule has 0 nitrogen and oxygen atoms in total. The molecule has 0 heterocycles. The van der Waals surface area contributed by atoms with Crippen molar-refractivity contribution in [1.29, 1.82) is 0 Å². The molecule has 0 radical (unpaired) electrons. The molecule has 0 unspecified atom stereocenters. The summed E-state index contributed by atoms with van der Waals surface area (Å²) >= 11 is 0. The van der Waals surface area contributed by atoms with Crippen LogP contribution in [0.4, 0.5) is 0 Å². The molecular weight excluding hydrogens is 889 g/mol. The normalized spacial score (nSPS) is 13.9. The van der Waals surface area contributed by atoms with Crippen molar-refractivity contribution in [2.75, 3.05) is 0 Å². The Labute approximate surface area is 433 Å². The van der Waals surface area contributed by atoms with Gasteiger partial charge in [0.15, 0.2) is 0 Å². The van der Waals surface area contributed by atoms with Crippen molar-refractivity contribution in [1.82, 2.24) is 0 Å². The molecule has 0 saturated heterocycles. The van der Waals surface area contributed by atoms with Gasteiger partial charge in [-0.15, -0.1) is 0 Å². The second-order valence-corrected chi connectivity index (χ2v) is 22.0. The molecule has 0 fully saturated rings. The average molecular weight is 941 g/mol. The lowest BCUT2D eigenvalue weighted by Gasteiger charge is -2.24. The SMILES string of the molecule is CC1(C)c2cc(-c3ccc(-c4ccc(-c5ccc6ccc7cccc8ccc5c6c78)cc4)cc3)ccc2-c2ccc(-c3ccc4c(c3)C(C)(C)c3cc(-c5ccc(-c6cccc7ccccc67)cc5)ccc3-4)cc21. The molecule has 0 spiro atoms. The lowest BCUT2D eigenvalue weighted by molar-refractivity contribution is 0.660. The van der Waals surface area contributed by atoms with Gasteiger partial charge >= 0.3 is 0 Å². The van der Waals surface area contributed by atoms with Gasteiger partial charge in [0.05, 0.1) is 0 Å². The number of hydrogen-bond donors (Lipinski definition) is 0. The average Bonchev–Trinajstić information content (AvgIpc) is 3.82. The van der Waals surface area contributed by atoms with Crippen molar-refractivity contribution >= 4 is 43.1 Å². The van der Waals surface area contributed by atoms with Crippen molar-refractivity contribution in [3.05, 3.63) is 265 Å². The van der Waals surface area contributed by atoms with Crippen LogP contribution in [0.5, 0.6) is 0 Å². The smallest absolute Gasteiger partial charge is 0.0159 e. The summed E-state index contributed by atoms with van der Waals surface area (Å²) < 4.78 is 0. The zero-order chi connectivity index (χ0) is 49.5. The first-order chi connectivity index (χ1) is 36.2. The minimum absolute atomic E-state index is 0.141. The summed E-state index contributed by atoms with van der Waals surface area (Å²) in [5.41, 5.74) is 25.6. The maximum Gasteiger partial charge on any atom is 0.0159 e. The summed E-state index contributed by atoms with van der Waals surface area (Å²) in [5.74, 6) is 0. The molecule has 2 aliphatic carbocycles.